The van der Waals surface area contributed by atoms with Crippen LogP contribution in [0, 0.1) is 11.3 Å². The van der Waals surface area contributed by atoms with Crippen LogP contribution in [0.25, 0.3) is 22.1 Å². The Balaban J connectivity index is 2.62. The molecule has 17 heavy (non-hydrogen) atoms. The van der Waals surface area contributed by atoms with Gasteiger partial charge < -0.3 is 4.42 Å². The lowest BCUT2D eigenvalue weighted by atomic mass is 10.2. The first kappa shape index (κ1) is 10.3. The van der Waals surface area contributed by atoms with E-state index in [4.69, 9.17) is 32.9 Å². The second kappa shape index (κ2) is 3.59. The number of nitrogens with zero attached hydrogens (tertiary/aromatic N) is 3. The van der Waals surface area contributed by atoms with Crippen LogP contribution in [0.15, 0.2) is 22.6 Å². The zero-order valence-corrected chi connectivity index (χ0v) is 9.75. The SMILES string of the molecule is N#Cc1nc(Cl)nc2oc3c(Cl)cccc3c12. The predicted octanol–water partition coefficient (Wildman–Crippen LogP) is 3.55. The fraction of sp³-hybridized carbons (Fsp3) is 0. The van der Waals surface area contributed by atoms with E-state index < -0.39 is 0 Å². The fourth-order valence-electron chi connectivity index (χ4n) is 1.72. The minimum atomic E-state index is -0.0239. The summed E-state index contributed by atoms with van der Waals surface area (Å²) in [5, 5.41) is 10.7. The molecule has 2 aromatic heterocycles. The first-order valence-corrected chi connectivity index (χ1v) is 5.40. The van der Waals surface area contributed by atoms with Crippen molar-refractivity contribution < 1.29 is 4.42 Å². The van der Waals surface area contributed by atoms with Gasteiger partial charge >= 0.3 is 0 Å². The van der Waals surface area contributed by atoms with Crippen LogP contribution < -0.4 is 0 Å². The third kappa shape index (κ3) is 1.44. The van der Waals surface area contributed by atoms with Crippen molar-refractivity contribution in [2.75, 3.05) is 0 Å². The van der Waals surface area contributed by atoms with Crippen LogP contribution in [-0.2, 0) is 0 Å². The van der Waals surface area contributed by atoms with Crippen LogP contribution >= 0.6 is 23.2 Å². The molecule has 2 heterocycles. The average Bonchev–Trinajstić information content (AvgIpc) is 2.68. The molecule has 0 unspecified atom stereocenters. The Morgan fingerprint density at radius 3 is 2.82 bits per heavy atom. The van der Waals surface area contributed by atoms with Crippen molar-refractivity contribution in [1.29, 1.82) is 5.26 Å². The zero-order chi connectivity index (χ0) is 12.0. The highest BCUT2D eigenvalue weighted by molar-refractivity contribution is 6.36. The van der Waals surface area contributed by atoms with Gasteiger partial charge in [-0.15, -0.1) is 0 Å². The van der Waals surface area contributed by atoms with Crippen molar-refractivity contribution in [1.82, 2.24) is 9.97 Å². The monoisotopic (exact) mass is 263 g/mol. The summed E-state index contributed by atoms with van der Waals surface area (Å²) in [6.07, 6.45) is 0. The molecule has 6 heteroatoms. The lowest BCUT2D eigenvalue weighted by molar-refractivity contribution is 0.653. The van der Waals surface area contributed by atoms with E-state index in [0.717, 1.165) is 0 Å². The molecular weight excluding hydrogens is 261 g/mol. The number of nitriles is 1. The van der Waals surface area contributed by atoms with Crippen LogP contribution in [0.3, 0.4) is 0 Å². The van der Waals surface area contributed by atoms with E-state index in [0.29, 0.717) is 21.4 Å². The van der Waals surface area contributed by atoms with Crippen LogP contribution in [0.1, 0.15) is 5.69 Å². The van der Waals surface area contributed by atoms with Crippen molar-refractivity contribution in [2.24, 2.45) is 0 Å². The van der Waals surface area contributed by atoms with Crippen molar-refractivity contribution >= 4 is 45.3 Å². The molecule has 4 nitrogen and oxygen atoms in total. The van der Waals surface area contributed by atoms with Gasteiger partial charge in [0.15, 0.2) is 11.3 Å². The molecule has 82 valence electrons. The first-order valence-electron chi connectivity index (χ1n) is 4.65. The molecule has 0 aliphatic heterocycles. The number of rotatable bonds is 0. The maximum absolute atomic E-state index is 9.03. The number of aromatic nitrogens is 2. The van der Waals surface area contributed by atoms with Crippen LogP contribution in [-0.4, -0.2) is 9.97 Å². The molecule has 0 radical (unpaired) electrons. The van der Waals surface area contributed by atoms with Crippen LogP contribution in [0.2, 0.25) is 10.3 Å². The Morgan fingerprint density at radius 2 is 2.06 bits per heavy atom. The molecule has 0 amide bonds. The van der Waals surface area contributed by atoms with E-state index >= 15 is 0 Å². The van der Waals surface area contributed by atoms with E-state index in [9.17, 15) is 0 Å². The van der Waals surface area contributed by atoms with Gasteiger partial charge in [0.05, 0.1) is 10.4 Å². The summed E-state index contributed by atoms with van der Waals surface area (Å²) in [7, 11) is 0. The molecule has 0 atom stereocenters. The molecule has 0 aliphatic rings. The molecule has 0 spiro atoms. The van der Waals surface area contributed by atoms with E-state index in [2.05, 4.69) is 9.97 Å². The topological polar surface area (TPSA) is 62.7 Å². The van der Waals surface area contributed by atoms with Gasteiger partial charge in [0.25, 0.3) is 0 Å². The van der Waals surface area contributed by atoms with E-state index in [1.807, 2.05) is 6.07 Å². The lowest BCUT2D eigenvalue weighted by Gasteiger charge is -1.92. The van der Waals surface area contributed by atoms with E-state index in [1.165, 1.54) is 0 Å². The number of fused-ring (bicyclic) bond motifs is 3. The van der Waals surface area contributed by atoms with Gasteiger partial charge in [-0.3, -0.25) is 0 Å². The molecule has 0 N–H and O–H groups in total. The second-order valence-corrected chi connectivity index (χ2v) is 4.10. The molecule has 3 aromatic rings. The van der Waals surface area contributed by atoms with Crippen LogP contribution in [0.5, 0.6) is 0 Å². The van der Waals surface area contributed by atoms with Gasteiger partial charge in [0, 0.05) is 5.39 Å². The van der Waals surface area contributed by atoms with Gasteiger partial charge in [0.1, 0.15) is 6.07 Å². The van der Waals surface area contributed by atoms with Crippen molar-refractivity contribution in [3.63, 3.8) is 0 Å². The van der Waals surface area contributed by atoms with Gasteiger partial charge in [0.2, 0.25) is 11.0 Å². The molecule has 0 aliphatic carbocycles. The van der Waals surface area contributed by atoms with Gasteiger partial charge in [-0.2, -0.15) is 10.2 Å². The summed E-state index contributed by atoms with van der Waals surface area (Å²) in [6, 6.07) is 7.24. The molecule has 0 bridgehead atoms. The van der Waals surface area contributed by atoms with Gasteiger partial charge in [-0.25, -0.2) is 4.98 Å². The first-order chi connectivity index (χ1) is 8.20. The Labute approximate surface area is 105 Å². The highest BCUT2D eigenvalue weighted by Crippen LogP contribution is 2.33. The Morgan fingerprint density at radius 1 is 1.24 bits per heavy atom. The number of furan rings is 1. The van der Waals surface area contributed by atoms with Crippen molar-refractivity contribution in [3.8, 4) is 6.07 Å². The predicted molar refractivity (Wildman–Crippen MR) is 64.0 cm³/mol. The Kier molecular flexibility index (Phi) is 2.18. The summed E-state index contributed by atoms with van der Waals surface area (Å²) in [5.74, 6) is 0. The molecule has 3 rings (SSSR count). The average molecular weight is 264 g/mol. The summed E-state index contributed by atoms with van der Waals surface area (Å²) in [6.45, 7) is 0. The largest absolute Gasteiger partial charge is 0.436 e. The van der Waals surface area contributed by atoms with E-state index in [1.54, 1.807) is 18.2 Å². The molecule has 0 saturated heterocycles. The number of para-hydroxylation sites is 1. The number of benzene rings is 1. The second-order valence-electron chi connectivity index (χ2n) is 3.35. The summed E-state index contributed by atoms with van der Waals surface area (Å²) in [4.78, 5) is 7.80. The molecule has 1 aromatic carbocycles. The number of halogens is 2. The van der Waals surface area contributed by atoms with Crippen molar-refractivity contribution in [2.45, 2.75) is 0 Å². The normalized spacial score (nSPS) is 10.9. The summed E-state index contributed by atoms with van der Waals surface area (Å²) in [5.41, 5.74) is 0.933. The van der Waals surface area contributed by atoms with Gasteiger partial charge in [-0.05, 0) is 17.7 Å². The molecule has 0 saturated carbocycles. The standard InChI is InChI=1S/C11H3Cl2N3O/c12-6-3-1-2-5-8-7(4-14)15-11(13)16-10(8)17-9(5)6/h1-3H. The Bertz CT molecular complexity index is 789. The fourth-order valence-corrected chi connectivity index (χ4v) is 2.09. The van der Waals surface area contributed by atoms with E-state index in [-0.39, 0.29) is 16.7 Å². The van der Waals surface area contributed by atoms with Gasteiger partial charge in [-0.1, -0.05) is 23.7 Å². The quantitative estimate of drug-likeness (QED) is 0.582. The zero-order valence-electron chi connectivity index (χ0n) is 8.24. The van der Waals surface area contributed by atoms with Crippen LogP contribution in [0.4, 0.5) is 0 Å². The maximum atomic E-state index is 9.03. The Hall–Kier alpha value is -1.83. The highest BCUT2D eigenvalue weighted by Gasteiger charge is 2.16. The summed E-state index contributed by atoms with van der Waals surface area (Å²) >= 11 is 11.7. The number of hydrogen-bond donors (Lipinski definition) is 0. The molecule has 0 fully saturated rings. The maximum Gasteiger partial charge on any atom is 0.233 e. The summed E-state index contributed by atoms with van der Waals surface area (Å²) < 4.78 is 5.49. The lowest BCUT2D eigenvalue weighted by Crippen LogP contribution is -1.88. The minimum absolute atomic E-state index is 0.0239. The third-order valence-corrected chi connectivity index (χ3v) is 2.86. The smallest absolute Gasteiger partial charge is 0.233 e. The minimum Gasteiger partial charge on any atom is -0.436 e. The number of hydrogen-bond acceptors (Lipinski definition) is 4. The third-order valence-electron chi connectivity index (χ3n) is 2.39. The highest BCUT2D eigenvalue weighted by atomic mass is 35.5. The van der Waals surface area contributed by atoms with Crippen molar-refractivity contribution in [3.05, 3.63) is 34.2 Å². The molecular formula is C11H3Cl2N3O.